The van der Waals surface area contributed by atoms with Gasteiger partial charge in [0.25, 0.3) is 5.56 Å². The van der Waals surface area contributed by atoms with Crippen LogP contribution in [0.25, 0.3) is 16.8 Å². The molecule has 0 fully saturated rings. The molecule has 0 radical (unpaired) electrons. The molecule has 0 atom stereocenters. The summed E-state index contributed by atoms with van der Waals surface area (Å²) in [5, 5.41) is 26.5. The summed E-state index contributed by atoms with van der Waals surface area (Å²) in [4.78, 5) is 32.4. The van der Waals surface area contributed by atoms with Crippen LogP contribution in [0.15, 0.2) is 56.2 Å². The summed E-state index contributed by atoms with van der Waals surface area (Å²) in [5.74, 6) is -0.0422. The van der Waals surface area contributed by atoms with E-state index in [1.165, 1.54) is 22.6 Å². The van der Waals surface area contributed by atoms with Crippen LogP contribution in [0.2, 0.25) is 0 Å². The van der Waals surface area contributed by atoms with Crippen molar-refractivity contribution in [1.29, 1.82) is 5.41 Å². The van der Waals surface area contributed by atoms with Crippen molar-refractivity contribution < 1.29 is 5.11 Å². The van der Waals surface area contributed by atoms with Crippen LogP contribution < -0.4 is 11.2 Å². The van der Waals surface area contributed by atoms with Crippen molar-refractivity contribution in [2.24, 2.45) is 5.10 Å². The topological polar surface area (TPSA) is 138 Å². The van der Waals surface area contributed by atoms with Crippen LogP contribution >= 0.6 is 11.3 Å². The average molecular weight is 408 g/mol. The molecule has 29 heavy (non-hydrogen) atoms. The molecule has 4 N–H and O–H groups in total. The minimum absolute atomic E-state index is 0.00871. The van der Waals surface area contributed by atoms with Gasteiger partial charge < -0.3 is 10.1 Å². The predicted molar refractivity (Wildman–Crippen MR) is 112 cm³/mol. The first-order valence-corrected chi connectivity index (χ1v) is 9.49. The molecule has 1 aromatic carbocycles. The second kappa shape index (κ2) is 7.32. The minimum Gasteiger partial charge on any atom is -0.509 e. The summed E-state index contributed by atoms with van der Waals surface area (Å²) in [5.41, 5.74) is 1.37. The lowest BCUT2D eigenvalue weighted by Gasteiger charge is -2.11. The Morgan fingerprint density at radius 2 is 2.03 bits per heavy atom. The third-order valence-electron chi connectivity index (χ3n) is 4.37. The Morgan fingerprint density at radius 1 is 1.28 bits per heavy atom. The van der Waals surface area contributed by atoms with Gasteiger partial charge in [0.2, 0.25) is 0 Å². The van der Waals surface area contributed by atoms with E-state index >= 15 is 0 Å². The Balaban J connectivity index is 1.59. The van der Waals surface area contributed by atoms with Gasteiger partial charge >= 0.3 is 5.69 Å². The highest BCUT2D eigenvalue weighted by Gasteiger charge is 2.30. The summed E-state index contributed by atoms with van der Waals surface area (Å²) in [6.45, 7) is 1.57. The number of aryl methyl sites for hydroxylation is 1. The maximum atomic E-state index is 11.9. The molecule has 0 amide bonds. The van der Waals surface area contributed by atoms with Crippen LogP contribution in [-0.2, 0) is 0 Å². The molecule has 146 valence electrons. The fourth-order valence-corrected chi connectivity index (χ4v) is 3.81. The highest BCUT2D eigenvalue weighted by molar-refractivity contribution is 7.11. The lowest BCUT2D eigenvalue weighted by atomic mass is 10.2. The van der Waals surface area contributed by atoms with Gasteiger partial charge in [-0.3, -0.25) is 15.2 Å². The summed E-state index contributed by atoms with van der Waals surface area (Å²) in [7, 11) is 0. The van der Waals surface area contributed by atoms with E-state index in [0.29, 0.717) is 16.3 Å². The Kier molecular flexibility index (Phi) is 4.69. The number of hydrogen-bond acceptors (Lipinski definition) is 7. The summed E-state index contributed by atoms with van der Waals surface area (Å²) >= 11 is 1.33. The number of nitrogens with one attached hydrogen (secondary N) is 3. The molecule has 4 rings (SSSR count). The highest BCUT2D eigenvalue weighted by Crippen LogP contribution is 2.32. The maximum absolute atomic E-state index is 11.9. The fourth-order valence-electron chi connectivity index (χ4n) is 2.91. The first-order chi connectivity index (χ1) is 13.9. The zero-order chi connectivity index (χ0) is 20.5. The number of thiazole rings is 1. The lowest BCUT2D eigenvalue weighted by molar-refractivity contribution is 0.358. The third-order valence-corrected chi connectivity index (χ3v) is 5.23. The monoisotopic (exact) mass is 408 g/mol. The van der Waals surface area contributed by atoms with Gasteiger partial charge in [0, 0.05) is 16.6 Å². The van der Waals surface area contributed by atoms with Crippen molar-refractivity contribution in [3.05, 3.63) is 78.6 Å². The number of aromatic nitrogens is 3. The van der Waals surface area contributed by atoms with Gasteiger partial charge in [-0.05, 0) is 6.92 Å². The normalized spacial score (nSPS) is 14.4. The molecule has 0 bridgehead atoms. The van der Waals surface area contributed by atoms with E-state index in [-0.39, 0.29) is 23.7 Å². The molecular formula is C19H16N6O3S. The van der Waals surface area contributed by atoms with Gasteiger partial charge in [0.15, 0.2) is 5.84 Å². The Hall–Kier alpha value is -3.79. The number of benzene rings is 1. The van der Waals surface area contributed by atoms with Crippen LogP contribution in [0.3, 0.4) is 0 Å². The summed E-state index contributed by atoms with van der Waals surface area (Å²) < 4.78 is 0. The SMILES string of the molecule is Cc1[nH]c(=O)[nH]c(=O)c1C=NN1CC(O)=C(c2nc(-c3ccccc3)cs2)C1=N. The molecule has 0 saturated carbocycles. The fraction of sp³-hybridized carbons (Fsp3) is 0.105. The van der Waals surface area contributed by atoms with Gasteiger partial charge in [0.1, 0.15) is 17.3 Å². The molecule has 0 spiro atoms. The lowest BCUT2D eigenvalue weighted by Crippen LogP contribution is -2.28. The van der Waals surface area contributed by atoms with Gasteiger partial charge in [-0.2, -0.15) is 5.10 Å². The number of H-pyrrole nitrogens is 2. The van der Waals surface area contributed by atoms with E-state index in [4.69, 9.17) is 5.41 Å². The Bertz CT molecular complexity index is 1270. The van der Waals surface area contributed by atoms with Crippen molar-refractivity contribution >= 4 is 29.0 Å². The summed E-state index contributed by atoms with van der Waals surface area (Å²) in [6, 6.07) is 9.63. The first kappa shape index (κ1) is 18.6. The quantitative estimate of drug-likeness (QED) is 0.490. The maximum Gasteiger partial charge on any atom is 0.325 e. The van der Waals surface area contributed by atoms with Gasteiger partial charge in [0.05, 0.1) is 23.0 Å². The average Bonchev–Trinajstić information content (AvgIpc) is 3.26. The Labute approximate surface area is 168 Å². The number of rotatable bonds is 4. The second-order valence-corrected chi connectivity index (χ2v) is 7.18. The van der Waals surface area contributed by atoms with E-state index in [9.17, 15) is 14.7 Å². The molecule has 0 saturated heterocycles. The van der Waals surface area contributed by atoms with Crippen LogP contribution in [0.1, 0.15) is 16.3 Å². The van der Waals surface area contributed by atoms with Crippen LogP contribution in [0.5, 0.6) is 0 Å². The van der Waals surface area contributed by atoms with E-state index in [2.05, 4.69) is 20.1 Å². The summed E-state index contributed by atoms with van der Waals surface area (Å²) in [6.07, 6.45) is 1.26. The number of aromatic amines is 2. The molecule has 1 aliphatic heterocycles. The third kappa shape index (κ3) is 3.52. The molecule has 3 aromatic rings. The van der Waals surface area contributed by atoms with Crippen LogP contribution in [0.4, 0.5) is 0 Å². The van der Waals surface area contributed by atoms with Crippen molar-refractivity contribution in [3.63, 3.8) is 0 Å². The number of hydrazone groups is 1. The molecule has 9 nitrogen and oxygen atoms in total. The molecule has 10 heteroatoms. The van der Waals surface area contributed by atoms with Gasteiger partial charge in [-0.25, -0.2) is 14.8 Å². The van der Waals surface area contributed by atoms with Gasteiger partial charge in [-0.15, -0.1) is 11.3 Å². The van der Waals surface area contributed by atoms with Crippen LogP contribution in [-0.4, -0.2) is 43.7 Å². The molecule has 0 aliphatic carbocycles. The van der Waals surface area contributed by atoms with E-state index < -0.39 is 11.2 Å². The standard InChI is InChI=1S/C19H16N6O3S/c1-10-12(17(27)24-19(28)22-10)7-21-25-8-14(26)15(16(25)20)18-23-13(9-29-18)11-5-3-2-4-6-11/h2-7,9,20,26H,8H2,1H3,(H2,22,24,27,28). The van der Waals surface area contributed by atoms with Crippen molar-refractivity contribution in [1.82, 2.24) is 20.0 Å². The van der Waals surface area contributed by atoms with Gasteiger partial charge in [-0.1, -0.05) is 30.3 Å². The molecule has 3 heterocycles. The Morgan fingerprint density at radius 3 is 2.76 bits per heavy atom. The van der Waals surface area contributed by atoms with E-state index in [1.807, 2.05) is 35.7 Å². The molecular weight excluding hydrogens is 392 g/mol. The largest absolute Gasteiger partial charge is 0.509 e. The minimum atomic E-state index is -0.599. The second-order valence-electron chi connectivity index (χ2n) is 6.32. The first-order valence-electron chi connectivity index (χ1n) is 8.61. The molecule has 0 unspecified atom stereocenters. The van der Waals surface area contributed by atoms with Crippen LogP contribution in [0, 0.1) is 12.3 Å². The number of aliphatic hydroxyl groups excluding tert-OH is 1. The van der Waals surface area contributed by atoms with Crippen molar-refractivity contribution in [2.75, 3.05) is 6.54 Å². The zero-order valence-corrected chi connectivity index (χ0v) is 16.1. The number of aliphatic hydroxyl groups is 1. The highest BCUT2D eigenvalue weighted by atomic mass is 32.1. The molecule has 1 aliphatic rings. The zero-order valence-electron chi connectivity index (χ0n) is 15.3. The predicted octanol–water partition coefficient (Wildman–Crippen LogP) is 2.09. The van der Waals surface area contributed by atoms with Crippen molar-refractivity contribution in [2.45, 2.75) is 6.92 Å². The van der Waals surface area contributed by atoms with Crippen molar-refractivity contribution in [3.8, 4) is 11.3 Å². The molecule has 2 aromatic heterocycles. The number of amidine groups is 1. The number of hydrogen-bond donors (Lipinski definition) is 4. The van der Waals surface area contributed by atoms with E-state index in [0.717, 1.165) is 11.3 Å². The smallest absolute Gasteiger partial charge is 0.325 e. The number of nitrogens with zero attached hydrogens (tertiary/aromatic N) is 3. The van der Waals surface area contributed by atoms with E-state index in [1.54, 1.807) is 6.92 Å².